The minimum Gasteiger partial charge on any atom is -0.478 e. The molecule has 0 bridgehead atoms. The van der Waals surface area contributed by atoms with Crippen LogP contribution in [0.2, 0.25) is 0 Å². The van der Waals surface area contributed by atoms with Gasteiger partial charge in [-0.25, -0.2) is 4.79 Å². The third-order valence-corrected chi connectivity index (χ3v) is 1.96. The number of carboxylic acid groups (broad SMARTS) is 1. The number of hydrogen-bond acceptors (Lipinski definition) is 3. The highest BCUT2D eigenvalue weighted by molar-refractivity contribution is 5.88. The van der Waals surface area contributed by atoms with Crippen LogP contribution in [0, 0.1) is 0 Å². The van der Waals surface area contributed by atoms with E-state index in [2.05, 4.69) is 5.32 Å². The Bertz CT molecular complexity index is 337. The lowest BCUT2D eigenvalue weighted by Gasteiger charge is -2.06. The highest BCUT2D eigenvalue weighted by Crippen LogP contribution is 2.14. The minimum atomic E-state index is -0.952. The average Bonchev–Trinajstić information content (AvgIpc) is 2.15. The highest BCUT2D eigenvalue weighted by atomic mass is 16.4. The van der Waals surface area contributed by atoms with Crippen molar-refractivity contribution in [3.05, 3.63) is 29.3 Å². The van der Waals surface area contributed by atoms with Gasteiger partial charge in [0.25, 0.3) is 0 Å². The maximum atomic E-state index is 10.6. The third kappa shape index (κ3) is 2.47. The van der Waals surface area contributed by atoms with Gasteiger partial charge in [-0.05, 0) is 24.2 Å². The Labute approximate surface area is 82.7 Å². The standard InChI is InChI=1S/C10H14N2O2/c1-2-12-6-8-4-3-7(10(13)14)5-9(8)11/h3-5,12H,2,6,11H2,1H3,(H,13,14). The summed E-state index contributed by atoms with van der Waals surface area (Å²) in [5.74, 6) is -0.952. The Kier molecular flexibility index (Phi) is 3.48. The number of aromatic carboxylic acids is 1. The predicted octanol–water partition coefficient (Wildman–Crippen LogP) is 1.08. The number of anilines is 1. The van der Waals surface area contributed by atoms with Crippen molar-refractivity contribution in [2.45, 2.75) is 13.5 Å². The van der Waals surface area contributed by atoms with Crippen LogP contribution in [0.25, 0.3) is 0 Å². The summed E-state index contributed by atoms with van der Waals surface area (Å²) in [5.41, 5.74) is 7.37. The first-order valence-electron chi connectivity index (χ1n) is 4.47. The molecule has 1 aromatic rings. The van der Waals surface area contributed by atoms with E-state index in [0.717, 1.165) is 12.1 Å². The summed E-state index contributed by atoms with van der Waals surface area (Å²) in [4.78, 5) is 10.6. The van der Waals surface area contributed by atoms with E-state index in [1.165, 1.54) is 6.07 Å². The maximum Gasteiger partial charge on any atom is 0.335 e. The molecule has 0 saturated heterocycles. The fraction of sp³-hybridized carbons (Fsp3) is 0.300. The second-order valence-electron chi connectivity index (χ2n) is 3.00. The number of nitrogens with one attached hydrogen (secondary N) is 1. The lowest BCUT2D eigenvalue weighted by atomic mass is 10.1. The normalized spacial score (nSPS) is 10.1. The van der Waals surface area contributed by atoms with Gasteiger partial charge >= 0.3 is 5.97 Å². The summed E-state index contributed by atoms with van der Waals surface area (Å²) < 4.78 is 0. The van der Waals surface area contributed by atoms with E-state index in [4.69, 9.17) is 10.8 Å². The van der Waals surface area contributed by atoms with Crippen molar-refractivity contribution in [3.8, 4) is 0 Å². The average molecular weight is 194 g/mol. The molecule has 0 aliphatic carbocycles. The summed E-state index contributed by atoms with van der Waals surface area (Å²) >= 11 is 0. The van der Waals surface area contributed by atoms with Crippen molar-refractivity contribution in [3.63, 3.8) is 0 Å². The fourth-order valence-electron chi connectivity index (χ4n) is 1.15. The van der Waals surface area contributed by atoms with Crippen LogP contribution in [0.15, 0.2) is 18.2 Å². The lowest BCUT2D eigenvalue weighted by molar-refractivity contribution is 0.0697. The van der Waals surface area contributed by atoms with E-state index in [1.807, 2.05) is 6.92 Å². The first kappa shape index (κ1) is 10.5. The molecule has 0 aliphatic heterocycles. The predicted molar refractivity (Wildman–Crippen MR) is 55.2 cm³/mol. The van der Waals surface area contributed by atoms with Crippen molar-refractivity contribution in [2.24, 2.45) is 0 Å². The second-order valence-corrected chi connectivity index (χ2v) is 3.00. The molecular formula is C10H14N2O2. The number of hydrogen-bond donors (Lipinski definition) is 3. The maximum absolute atomic E-state index is 10.6. The van der Waals surface area contributed by atoms with Crippen LogP contribution in [0.4, 0.5) is 5.69 Å². The monoisotopic (exact) mass is 194 g/mol. The summed E-state index contributed by atoms with van der Waals surface area (Å²) in [6.07, 6.45) is 0. The molecule has 0 aromatic heterocycles. The van der Waals surface area contributed by atoms with Gasteiger partial charge in [0.05, 0.1) is 5.56 Å². The number of nitrogens with two attached hydrogens (primary N) is 1. The smallest absolute Gasteiger partial charge is 0.335 e. The van der Waals surface area contributed by atoms with Crippen molar-refractivity contribution < 1.29 is 9.90 Å². The topological polar surface area (TPSA) is 75.3 Å². The molecule has 0 saturated carbocycles. The Morgan fingerprint density at radius 2 is 2.29 bits per heavy atom. The molecule has 4 N–H and O–H groups in total. The number of carbonyl (C=O) groups is 1. The molecule has 0 spiro atoms. The molecule has 0 aliphatic rings. The van der Waals surface area contributed by atoms with Gasteiger partial charge in [-0.1, -0.05) is 13.0 Å². The Morgan fingerprint density at radius 3 is 2.79 bits per heavy atom. The van der Waals surface area contributed by atoms with Crippen molar-refractivity contribution in [1.82, 2.24) is 5.32 Å². The van der Waals surface area contributed by atoms with Gasteiger partial charge in [-0.3, -0.25) is 0 Å². The molecule has 0 amide bonds. The SMILES string of the molecule is CCNCc1ccc(C(=O)O)cc1N. The molecule has 0 atom stereocenters. The summed E-state index contributed by atoms with van der Waals surface area (Å²) in [7, 11) is 0. The van der Waals surface area contributed by atoms with E-state index in [1.54, 1.807) is 12.1 Å². The molecular weight excluding hydrogens is 180 g/mol. The van der Waals surface area contributed by atoms with Crippen molar-refractivity contribution >= 4 is 11.7 Å². The lowest BCUT2D eigenvalue weighted by Crippen LogP contribution is -2.13. The summed E-state index contributed by atoms with van der Waals surface area (Å²) in [6, 6.07) is 4.78. The zero-order valence-electron chi connectivity index (χ0n) is 8.08. The van der Waals surface area contributed by atoms with Gasteiger partial charge < -0.3 is 16.2 Å². The van der Waals surface area contributed by atoms with Gasteiger partial charge in [0.1, 0.15) is 0 Å². The molecule has 76 valence electrons. The van der Waals surface area contributed by atoms with E-state index in [9.17, 15) is 4.79 Å². The van der Waals surface area contributed by atoms with Crippen LogP contribution in [0.3, 0.4) is 0 Å². The van der Waals surface area contributed by atoms with Gasteiger partial charge in [-0.15, -0.1) is 0 Å². The van der Waals surface area contributed by atoms with Crippen molar-refractivity contribution in [1.29, 1.82) is 0 Å². The molecule has 0 radical (unpaired) electrons. The first-order chi connectivity index (χ1) is 6.65. The Hall–Kier alpha value is -1.55. The molecule has 0 unspecified atom stereocenters. The zero-order valence-corrected chi connectivity index (χ0v) is 8.08. The van der Waals surface area contributed by atoms with E-state index in [0.29, 0.717) is 12.2 Å². The summed E-state index contributed by atoms with van der Waals surface area (Å²) in [5, 5.41) is 11.8. The van der Waals surface area contributed by atoms with Crippen LogP contribution < -0.4 is 11.1 Å². The minimum absolute atomic E-state index is 0.225. The van der Waals surface area contributed by atoms with Gasteiger partial charge in [-0.2, -0.15) is 0 Å². The third-order valence-electron chi connectivity index (χ3n) is 1.96. The van der Waals surface area contributed by atoms with Crippen molar-refractivity contribution in [2.75, 3.05) is 12.3 Å². The van der Waals surface area contributed by atoms with Crippen LogP contribution in [-0.4, -0.2) is 17.6 Å². The number of rotatable bonds is 4. The molecule has 1 aromatic carbocycles. The molecule has 0 fully saturated rings. The Morgan fingerprint density at radius 1 is 1.57 bits per heavy atom. The van der Waals surface area contributed by atoms with Crippen LogP contribution >= 0.6 is 0 Å². The van der Waals surface area contributed by atoms with Gasteiger partial charge in [0.15, 0.2) is 0 Å². The highest BCUT2D eigenvalue weighted by Gasteiger charge is 2.05. The zero-order chi connectivity index (χ0) is 10.6. The molecule has 14 heavy (non-hydrogen) atoms. The van der Waals surface area contributed by atoms with Crippen LogP contribution in [0.1, 0.15) is 22.8 Å². The van der Waals surface area contributed by atoms with E-state index >= 15 is 0 Å². The number of nitrogen functional groups attached to an aromatic ring is 1. The van der Waals surface area contributed by atoms with E-state index in [-0.39, 0.29) is 5.56 Å². The van der Waals surface area contributed by atoms with Crippen LogP contribution in [-0.2, 0) is 6.54 Å². The molecule has 0 heterocycles. The number of benzene rings is 1. The van der Waals surface area contributed by atoms with Gasteiger partial charge in [0.2, 0.25) is 0 Å². The fourth-order valence-corrected chi connectivity index (χ4v) is 1.15. The quantitative estimate of drug-likeness (QED) is 0.627. The largest absolute Gasteiger partial charge is 0.478 e. The second kappa shape index (κ2) is 4.62. The van der Waals surface area contributed by atoms with Gasteiger partial charge in [0, 0.05) is 12.2 Å². The Balaban J connectivity index is 2.84. The van der Waals surface area contributed by atoms with Crippen LogP contribution in [0.5, 0.6) is 0 Å². The number of carboxylic acids is 1. The molecule has 4 heteroatoms. The summed E-state index contributed by atoms with van der Waals surface area (Å²) in [6.45, 7) is 3.53. The molecule has 1 rings (SSSR count). The molecule has 4 nitrogen and oxygen atoms in total. The van der Waals surface area contributed by atoms with E-state index < -0.39 is 5.97 Å². The first-order valence-corrected chi connectivity index (χ1v) is 4.47.